The molecule has 45 heavy (non-hydrogen) atoms. The van der Waals surface area contributed by atoms with Crippen LogP contribution in [0.3, 0.4) is 0 Å². The van der Waals surface area contributed by atoms with E-state index < -0.39 is 26.2 Å². The molecule has 0 bridgehead atoms. The van der Waals surface area contributed by atoms with Crippen LogP contribution in [0.15, 0.2) is 72.3 Å². The highest BCUT2D eigenvalue weighted by Gasteiger charge is 2.49. The molecule has 1 aliphatic carbocycles. The number of alkyl halides is 1. The number of benzene rings is 2. The number of rotatable bonds is 15. The number of amides is 3. The zero-order chi connectivity index (χ0) is 33.2. The summed E-state index contributed by atoms with van der Waals surface area (Å²) >= 11 is 11.4. The van der Waals surface area contributed by atoms with E-state index in [1.165, 1.54) is 11.0 Å². The van der Waals surface area contributed by atoms with Gasteiger partial charge in [-0.1, -0.05) is 79.2 Å². The predicted molar refractivity (Wildman–Crippen MR) is 176 cm³/mol. The minimum Gasteiger partial charge on any atom is -0.384 e. The summed E-state index contributed by atoms with van der Waals surface area (Å²) in [6, 6.07) is 15.0. The van der Waals surface area contributed by atoms with Crippen molar-refractivity contribution < 1.29 is 32.3 Å². The molecule has 3 atom stereocenters. The number of carbonyl (C=O) groups excluding carboxylic acids is 3. The van der Waals surface area contributed by atoms with Crippen molar-refractivity contribution in [3.05, 3.63) is 89.3 Å². The van der Waals surface area contributed by atoms with Crippen LogP contribution < -0.4 is 10.0 Å². The number of aliphatic hydroxyl groups excluding tert-OH is 1. The number of carbonyl (C=O) groups is 3. The van der Waals surface area contributed by atoms with Crippen molar-refractivity contribution in [3.63, 3.8) is 0 Å². The van der Waals surface area contributed by atoms with Crippen LogP contribution in [0, 0.1) is 5.82 Å². The van der Waals surface area contributed by atoms with Gasteiger partial charge in [-0.15, -0.1) is 0 Å². The summed E-state index contributed by atoms with van der Waals surface area (Å²) in [6.07, 6.45) is 2.46. The van der Waals surface area contributed by atoms with Crippen LogP contribution in [0.2, 0.25) is 0 Å². The number of nitrogens with zero attached hydrogens (tertiary/aromatic N) is 1. The second-order valence-electron chi connectivity index (χ2n) is 10.9. The van der Waals surface area contributed by atoms with Gasteiger partial charge < -0.3 is 15.3 Å². The highest BCUT2D eigenvalue weighted by Crippen LogP contribution is 2.45. The molecule has 2 aromatic carbocycles. The van der Waals surface area contributed by atoms with Crippen molar-refractivity contribution >= 4 is 57.5 Å². The summed E-state index contributed by atoms with van der Waals surface area (Å²) in [5.41, 5.74) is 1.73. The number of halogens is 2. The van der Waals surface area contributed by atoms with E-state index in [2.05, 4.69) is 17.9 Å². The molecule has 9 nitrogen and oxygen atoms in total. The number of nitrogens with one attached hydrogen (secondary N) is 2. The van der Waals surface area contributed by atoms with E-state index in [0.717, 1.165) is 6.92 Å². The van der Waals surface area contributed by atoms with Crippen molar-refractivity contribution in [1.82, 2.24) is 14.9 Å². The van der Waals surface area contributed by atoms with Crippen molar-refractivity contribution in [2.24, 2.45) is 0 Å². The molecule has 244 valence electrons. The van der Waals surface area contributed by atoms with Crippen LogP contribution in [0.4, 0.5) is 4.39 Å². The van der Waals surface area contributed by atoms with Gasteiger partial charge in [-0.05, 0) is 48.1 Å². The fourth-order valence-corrected chi connectivity index (χ4v) is 7.00. The summed E-state index contributed by atoms with van der Waals surface area (Å²) in [5.74, 6) is -2.01. The normalized spacial score (nSPS) is 17.8. The van der Waals surface area contributed by atoms with Gasteiger partial charge in [-0.2, -0.15) is 12.6 Å². The number of hydrogen-bond acceptors (Lipinski definition) is 7. The molecule has 0 aliphatic heterocycles. The van der Waals surface area contributed by atoms with Crippen LogP contribution in [0.25, 0.3) is 5.57 Å². The standard InChI is InChI=1S/C32H39ClFN3O6S2/c1-3-9-30(40)37(17-16-29(39)35-20-26(44)18-25-12-7-8-13-28(25)34)21-23-14-15-27(24-10-5-4-6-11-24)32(33,19-23)45(42,43)36-31(41)22(2)38/h4-8,10-15,22,26,38,44H,3,9,16-21H2,1-2H3,(H,35,39)(H,36,41)/t22-,26+,32?/m0/s1. The Kier molecular flexibility index (Phi) is 13.2. The van der Waals surface area contributed by atoms with Crippen LogP contribution >= 0.6 is 24.2 Å². The van der Waals surface area contributed by atoms with E-state index in [4.69, 9.17) is 11.6 Å². The number of thiol groups is 1. The minimum absolute atomic E-state index is 0.00149. The van der Waals surface area contributed by atoms with Crippen LogP contribution in [-0.2, 0) is 30.8 Å². The Hall–Kier alpha value is -3.19. The third kappa shape index (κ3) is 9.90. The van der Waals surface area contributed by atoms with Crippen molar-refractivity contribution in [3.8, 4) is 0 Å². The second-order valence-corrected chi connectivity index (χ2v) is 14.4. The lowest BCUT2D eigenvalue weighted by molar-refractivity contribution is -0.131. The van der Waals surface area contributed by atoms with Crippen molar-refractivity contribution in [2.75, 3.05) is 19.6 Å². The summed E-state index contributed by atoms with van der Waals surface area (Å²) in [4.78, 5) is 39.4. The van der Waals surface area contributed by atoms with Gasteiger partial charge in [-0.3, -0.25) is 14.4 Å². The zero-order valence-corrected chi connectivity index (χ0v) is 27.7. The lowest BCUT2D eigenvalue weighted by Gasteiger charge is -2.35. The van der Waals surface area contributed by atoms with Gasteiger partial charge in [0.05, 0.1) is 0 Å². The third-order valence-electron chi connectivity index (χ3n) is 7.24. The Morgan fingerprint density at radius 3 is 2.40 bits per heavy atom. The number of sulfonamides is 1. The Balaban J connectivity index is 1.75. The monoisotopic (exact) mass is 679 g/mol. The van der Waals surface area contributed by atoms with Gasteiger partial charge in [0.2, 0.25) is 11.8 Å². The number of hydrogen-bond donors (Lipinski definition) is 4. The minimum atomic E-state index is -4.59. The summed E-state index contributed by atoms with van der Waals surface area (Å²) in [6.45, 7) is 3.24. The Bertz CT molecular complexity index is 1530. The van der Waals surface area contributed by atoms with E-state index in [0.29, 0.717) is 29.5 Å². The van der Waals surface area contributed by atoms with E-state index in [1.807, 2.05) is 11.6 Å². The molecule has 1 aliphatic rings. The molecule has 0 fully saturated rings. The van der Waals surface area contributed by atoms with Crippen LogP contribution in [0.5, 0.6) is 0 Å². The average molecular weight is 680 g/mol. The van der Waals surface area contributed by atoms with Gasteiger partial charge in [0, 0.05) is 44.1 Å². The number of allylic oxidation sites excluding steroid dienone is 2. The largest absolute Gasteiger partial charge is 0.384 e. The van der Waals surface area contributed by atoms with Crippen LogP contribution in [0.1, 0.15) is 50.7 Å². The van der Waals surface area contributed by atoms with Crippen LogP contribution in [-0.4, -0.2) is 71.3 Å². The molecule has 0 saturated carbocycles. The van der Waals surface area contributed by atoms with Gasteiger partial charge in [0.25, 0.3) is 15.9 Å². The highest BCUT2D eigenvalue weighted by molar-refractivity contribution is 7.93. The summed E-state index contributed by atoms with van der Waals surface area (Å²) < 4.78 is 40.8. The van der Waals surface area contributed by atoms with E-state index in [1.54, 1.807) is 60.7 Å². The predicted octanol–water partition coefficient (Wildman–Crippen LogP) is 3.98. The Labute approximate surface area is 274 Å². The lowest BCUT2D eigenvalue weighted by atomic mass is 9.91. The molecule has 2 aromatic rings. The molecule has 0 saturated heterocycles. The maximum atomic E-state index is 14.0. The Morgan fingerprint density at radius 1 is 1.09 bits per heavy atom. The first-order chi connectivity index (χ1) is 21.3. The molecule has 3 N–H and O–H groups in total. The Morgan fingerprint density at radius 2 is 1.76 bits per heavy atom. The fraction of sp³-hybridized carbons (Fsp3) is 0.406. The van der Waals surface area contributed by atoms with Crippen molar-refractivity contribution in [2.45, 2.75) is 61.5 Å². The van der Waals surface area contributed by atoms with Gasteiger partial charge >= 0.3 is 0 Å². The van der Waals surface area contributed by atoms with E-state index >= 15 is 0 Å². The summed E-state index contributed by atoms with van der Waals surface area (Å²) in [7, 11) is -4.59. The molecular weight excluding hydrogens is 641 g/mol. The first-order valence-electron chi connectivity index (χ1n) is 14.6. The lowest BCUT2D eigenvalue weighted by Crippen LogP contribution is -2.49. The van der Waals surface area contributed by atoms with Crippen molar-refractivity contribution in [1.29, 1.82) is 0 Å². The molecule has 0 aromatic heterocycles. The fourth-order valence-electron chi connectivity index (χ4n) is 4.80. The molecule has 0 heterocycles. The second kappa shape index (κ2) is 16.4. The molecule has 0 radical (unpaired) electrons. The molecule has 0 spiro atoms. The maximum absolute atomic E-state index is 14.0. The topological polar surface area (TPSA) is 133 Å². The van der Waals surface area contributed by atoms with Gasteiger partial charge in [0.1, 0.15) is 11.9 Å². The molecule has 13 heteroatoms. The highest BCUT2D eigenvalue weighted by atomic mass is 35.5. The van der Waals surface area contributed by atoms with E-state index in [9.17, 15) is 32.3 Å². The molecule has 3 amide bonds. The summed E-state index contributed by atoms with van der Waals surface area (Å²) in [5, 5.41) is 12.1. The third-order valence-corrected chi connectivity index (χ3v) is 10.2. The maximum Gasteiger partial charge on any atom is 0.262 e. The smallest absolute Gasteiger partial charge is 0.262 e. The SMILES string of the molecule is CCCC(=O)N(CCC(=O)NC[C@H](S)Cc1ccccc1F)CC1=CC=C(c2ccccc2)C(Cl)(S(=O)(=O)NC(=O)[C@H](C)O)C1. The van der Waals surface area contributed by atoms with E-state index in [-0.39, 0.29) is 67.4 Å². The zero-order valence-electron chi connectivity index (χ0n) is 25.2. The molecule has 1 unspecified atom stereocenters. The number of aliphatic hydroxyl groups is 1. The molecule has 3 rings (SSSR count). The van der Waals surface area contributed by atoms with Gasteiger partial charge in [0.15, 0.2) is 4.21 Å². The first kappa shape index (κ1) is 36.3. The quantitative estimate of drug-likeness (QED) is 0.166. The molecular formula is C32H39ClFN3O6S2. The van der Waals surface area contributed by atoms with Gasteiger partial charge in [-0.25, -0.2) is 17.5 Å². The first-order valence-corrected chi connectivity index (χ1v) is 17.0. The average Bonchev–Trinajstić information content (AvgIpc) is 2.99.